The summed E-state index contributed by atoms with van der Waals surface area (Å²) in [7, 11) is -2.77. The highest BCUT2D eigenvalue weighted by molar-refractivity contribution is 5.83. The van der Waals surface area contributed by atoms with Gasteiger partial charge in [-0.3, -0.25) is 0 Å². The molecular weight excluding hydrogens is 844 g/mol. The molecule has 0 saturated heterocycles. The maximum atomic E-state index is 8.49. The molecular formula is C56H69ClN4O5. The molecule has 1 aliphatic heterocycles. The van der Waals surface area contributed by atoms with E-state index >= 15 is 0 Å². The van der Waals surface area contributed by atoms with Gasteiger partial charge in [-0.25, -0.2) is 28.2 Å². The average Bonchev–Trinajstić information content (AvgIpc) is 3.93. The Morgan fingerprint density at radius 2 is 1.21 bits per heavy atom. The zero-order valence-corrected chi connectivity index (χ0v) is 40.3. The van der Waals surface area contributed by atoms with Gasteiger partial charge in [0.2, 0.25) is 5.89 Å². The summed E-state index contributed by atoms with van der Waals surface area (Å²) >= 11 is 0. The molecule has 0 atom stereocenters. The standard InChI is InChI=1S/C56H69N4O.ClHO4/c1-5-6-7-8-9-10-11-12-13-14-15-16-17-18-22-32-43-59-51-44-45(55-57-48-36-29-31-38-52(48)61-55)41-42-50(51)60(46-33-24-23-25-34-46)54(59)40-27-21-19-20-26-39-53-56(2,3)47-35-28-30-37-49(47)58(53)4;2-1(3,4)5/h19-21,23-31,33-42,44H,5-18,22,32,43H2,1-4H3;(H,2,3,4,5)/q+1;/p-1. The van der Waals surface area contributed by atoms with E-state index in [4.69, 9.17) is 28.0 Å². The van der Waals surface area contributed by atoms with Crippen LogP contribution in [0.5, 0.6) is 0 Å². The van der Waals surface area contributed by atoms with Crippen molar-refractivity contribution in [1.29, 1.82) is 0 Å². The molecule has 2 aromatic heterocycles. The lowest BCUT2D eigenvalue weighted by molar-refractivity contribution is -2.00. The third kappa shape index (κ3) is 14.1. The lowest BCUT2D eigenvalue weighted by Crippen LogP contribution is -2.68. The predicted molar refractivity (Wildman–Crippen MR) is 259 cm³/mol. The number of unbranched alkanes of at least 4 members (excludes halogenated alkanes) is 15. The molecule has 0 spiro atoms. The largest absolute Gasteiger partial charge is 0.436 e. The van der Waals surface area contributed by atoms with Crippen molar-refractivity contribution >= 4 is 33.9 Å². The maximum Gasteiger partial charge on any atom is 0.287 e. The molecule has 0 unspecified atom stereocenters. The fourth-order valence-electron chi connectivity index (χ4n) is 9.27. The molecule has 0 saturated carbocycles. The summed E-state index contributed by atoms with van der Waals surface area (Å²) < 4.78 is 45.2. The molecule has 0 N–H and O–H groups in total. The predicted octanol–water partition coefficient (Wildman–Crippen LogP) is 10.7. The van der Waals surface area contributed by atoms with Crippen LogP contribution in [0.4, 0.5) is 5.69 Å². The first-order chi connectivity index (χ1) is 32.0. The number of oxazole rings is 1. The van der Waals surface area contributed by atoms with Crippen molar-refractivity contribution in [2.75, 3.05) is 11.9 Å². The van der Waals surface area contributed by atoms with Crippen LogP contribution in [0, 0.1) is 10.2 Å². The molecule has 0 radical (unpaired) electrons. The number of benzene rings is 4. The van der Waals surface area contributed by atoms with Gasteiger partial charge in [0.15, 0.2) is 16.6 Å². The second-order valence-electron chi connectivity index (χ2n) is 17.9. The first kappa shape index (κ1) is 50.1. The van der Waals surface area contributed by atoms with E-state index in [0.717, 1.165) is 41.1 Å². The number of para-hydroxylation sites is 4. The van der Waals surface area contributed by atoms with Crippen molar-refractivity contribution in [2.24, 2.45) is 0 Å². The number of aryl methyl sites for hydroxylation is 1. The number of allylic oxidation sites excluding steroid dienone is 7. The number of aromatic nitrogens is 3. The number of hydrogen-bond donors (Lipinski definition) is 0. The third-order valence-corrected chi connectivity index (χ3v) is 12.7. The molecule has 0 bridgehead atoms. The van der Waals surface area contributed by atoms with Gasteiger partial charge in [0, 0.05) is 41.6 Å². The van der Waals surface area contributed by atoms with Crippen LogP contribution in [0.25, 0.3) is 45.4 Å². The van der Waals surface area contributed by atoms with Crippen molar-refractivity contribution in [3.05, 3.63) is 151 Å². The molecule has 1 aliphatic rings. The normalized spacial score (nSPS) is 14.4. The van der Waals surface area contributed by atoms with Gasteiger partial charge in [0.25, 0.3) is 5.82 Å². The molecule has 9 nitrogen and oxygen atoms in total. The first-order valence-corrected chi connectivity index (χ1v) is 25.4. The summed E-state index contributed by atoms with van der Waals surface area (Å²) in [5.74, 6) is 1.81. The smallest absolute Gasteiger partial charge is 0.287 e. The minimum Gasteiger partial charge on any atom is -0.436 e. The van der Waals surface area contributed by atoms with Gasteiger partial charge < -0.3 is 9.32 Å². The van der Waals surface area contributed by atoms with Crippen LogP contribution in [-0.2, 0) is 12.0 Å². The van der Waals surface area contributed by atoms with E-state index in [9.17, 15) is 0 Å². The first-order valence-electron chi connectivity index (χ1n) is 24.1. The van der Waals surface area contributed by atoms with Gasteiger partial charge in [0.1, 0.15) is 11.2 Å². The summed E-state index contributed by atoms with van der Waals surface area (Å²) in [6, 6.07) is 34.2. The van der Waals surface area contributed by atoms with Crippen LogP contribution >= 0.6 is 0 Å². The zero-order valence-electron chi connectivity index (χ0n) is 39.5. The van der Waals surface area contributed by atoms with Crippen molar-refractivity contribution in [3.8, 4) is 17.1 Å². The van der Waals surface area contributed by atoms with Crippen LogP contribution < -0.4 is 28.1 Å². The fourth-order valence-corrected chi connectivity index (χ4v) is 9.27. The molecule has 66 heavy (non-hydrogen) atoms. The van der Waals surface area contributed by atoms with E-state index in [2.05, 4.69) is 157 Å². The van der Waals surface area contributed by atoms with E-state index < -0.39 is 10.2 Å². The van der Waals surface area contributed by atoms with Crippen molar-refractivity contribution in [2.45, 2.75) is 135 Å². The number of rotatable bonds is 23. The second kappa shape index (κ2) is 25.0. The van der Waals surface area contributed by atoms with E-state index in [1.165, 1.54) is 124 Å². The third-order valence-electron chi connectivity index (χ3n) is 12.7. The van der Waals surface area contributed by atoms with E-state index in [1.807, 2.05) is 24.3 Å². The Morgan fingerprint density at radius 1 is 0.652 bits per heavy atom. The Labute approximate surface area is 394 Å². The molecule has 3 heterocycles. The Hall–Kier alpha value is -5.29. The number of anilines is 1. The van der Waals surface area contributed by atoms with E-state index in [1.54, 1.807) is 0 Å². The maximum absolute atomic E-state index is 8.49. The number of hydrogen-bond acceptors (Lipinski definition) is 7. The minimum absolute atomic E-state index is 0.0372. The van der Waals surface area contributed by atoms with Gasteiger partial charge in [-0.15, -0.1) is 10.2 Å². The minimum atomic E-state index is -4.94. The van der Waals surface area contributed by atoms with E-state index in [0.29, 0.717) is 5.89 Å². The second-order valence-corrected chi connectivity index (χ2v) is 18.7. The SMILES string of the molecule is CCCCCCCCCCCCCCCCCC[n+]1c(/C=C/C=C/C=C/C=C2/N(C)c3ccccc3C2(C)C)n(-c2ccccc2)c2ccc(-c3nc4ccccc4o3)cc21.[O-][Cl+3]([O-])([O-])[O-]. The topological polar surface area (TPSA) is 130 Å². The Balaban J connectivity index is 0.00000137. The summed E-state index contributed by atoms with van der Waals surface area (Å²) in [6.45, 7) is 7.86. The summed E-state index contributed by atoms with van der Waals surface area (Å²) in [6.07, 6.45) is 37.1. The lowest BCUT2D eigenvalue weighted by Gasteiger charge is -2.23. The molecule has 6 aromatic rings. The van der Waals surface area contributed by atoms with Crippen LogP contribution in [-0.4, -0.2) is 16.6 Å². The Bertz CT molecular complexity index is 2510. The Morgan fingerprint density at radius 3 is 1.85 bits per heavy atom. The van der Waals surface area contributed by atoms with Crippen molar-refractivity contribution in [1.82, 2.24) is 9.55 Å². The molecule has 4 aromatic carbocycles. The van der Waals surface area contributed by atoms with Gasteiger partial charge >= 0.3 is 0 Å². The molecule has 350 valence electrons. The van der Waals surface area contributed by atoms with Crippen LogP contribution in [0.15, 0.2) is 144 Å². The molecule has 0 aliphatic carbocycles. The van der Waals surface area contributed by atoms with Gasteiger partial charge in [-0.1, -0.05) is 190 Å². The number of fused-ring (bicyclic) bond motifs is 3. The fraction of sp³-hybridized carbons (Fsp3) is 0.393. The summed E-state index contributed by atoms with van der Waals surface area (Å²) in [5.41, 5.74) is 10.1. The van der Waals surface area contributed by atoms with Gasteiger partial charge in [-0.2, -0.15) is 4.57 Å². The van der Waals surface area contributed by atoms with E-state index in [-0.39, 0.29) is 5.41 Å². The van der Waals surface area contributed by atoms with Crippen molar-refractivity contribution < 1.29 is 37.9 Å². The quantitative estimate of drug-likeness (QED) is 0.0355. The van der Waals surface area contributed by atoms with Crippen molar-refractivity contribution in [3.63, 3.8) is 0 Å². The highest BCUT2D eigenvalue weighted by Crippen LogP contribution is 2.46. The van der Waals surface area contributed by atoms with Gasteiger partial charge in [0.05, 0.1) is 6.54 Å². The zero-order chi connectivity index (χ0) is 46.8. The average molecular weight is 914 g/mol. The molecule has 10 heteroatoms. The Kier molecular flexibility index (Phi) is 19.0. The van der Waals surface area contributed by atoms with Crippen LogP contribution in [0.3, 0.4) is 0 Å². The number of nitrogens with zero attached hydrogens (tertiary/aromatic N) is 4. The van der Waals surface area contributed by atoms with Crippen LogP contribution in [0.2, 0.25) is 0 Å². The molecule has 0 fully saturated rings. The van der Waals surface area contributed by atoms with Crippen LogP contribution in [0.1, 0.15) is 135 Å². The number of imidazole rings is 1. The summed E-state index contributed by atoms with van der Waals surface area (Å²) in [4.78, 5) is 7.19. The highest BCUT2D eigenvalue weighted by Gasteiger charge is 2.37. The number of halogens is 1. The van der Waals surface area contributed by atoms with Gasteiger partial charge in [-0.05, 0) is 66.9 Å². The monoisotopic (exact) mass is 912 g/mol. The summed E-state index contributed by atoms with van der Waals surface area (Å²) in [5, 5.41) is 0. The highest BCUT2D eigenvalue weighted by atomic mass is 35.7. The molecule has 7 rings (SSSR count). The number of likely N-dealkylation sites (N-methyl/N-ethyl adjacent to an activating group) is 1. The molecule has 0 amide bonds. The lowest BCUT2D eigenvalue weighted by atomic mass is 9.84.